The first kappa shape index (κ1) is 22.4. The molecule has 2 unspecified atom stereocenters. The molecule has 2 amide bonds. The molecule has 0 aromatic heterocycles. The third kappa shape index (κ3) is 4.68. The molecule has 2 atom stereocenters. The van der Waals surface area contributed by atoms with Gasteiger partial charge in [-0.2, -0.15) is 0 Å². The number of amides is 2. The molecule has 2 aromatic carbocycles. The number of fused-ring (bicyclic) bond motifs is 1. The van der Waals surface area contributed by atoms with Gasteiger partial charge in [-0.25, -0.2) is 10.4 Å². The van der Waals surface area contributed by atoms with Crippen molar-refractivity contribution in [3.8, 4) is 11.5 Å². The Labute approximate surface area is 194 Å². The smallest absolute Gasteiger partial charge is 0.241 e. The zero-order chi connectivity index (χ0) is 22.7. The van der Waals surface area contributed by atoms with Crippen molar-refractivity contribution in [1.82, 2.24) is 10.9 Å². The molecule has 0 aliphatic carbocycles. The Morgan fingerprint density at radius 3 is 2.75 bits per heavy atom. The van der Waals surface area contributed by atoms with E-state index in [9.17, 15) is 9.59 Å². The molecule has 0 radical (unpaired) electrons. The maximum absolute atomic E-state index is 13.2. The monoisotopic (exact) mass is 475 g/mol. The third-order valence-corrected chi connectivity index (χ3v) is 6.24. The molecule has 0 bridgehead atoms. The number of methoxy groups -OCH3 is 2. The van der Waals surface area contributed by atoms with Gasteiger partial charge in [-0.3, -0.25) is 19.9 Å². The summed E-state index contributed by atoms with van der Waals surface area (Å²) in [6.45, 7) is 0.479. The van der Waals surface area contributed by atoms with Gasteiger partial charge < -0.3 is 14.8 Å². The van der Waals surface area contributed by atoms with Crippen LogP contribution < -0.4 is 30.5 Å². The lowest BCUT2D eigenvalue weighted by Crippen LogP contribution is -2.49. The Morgan fingerprint density at radius 1 is 1.25 bits per heavy atom. The molecule has 4 rings (SSSR count). The lowest BCUT2D eigenvalue weighted by molar-refractivity contribution is -0.121. The van der Waals surface area contributed by atoms with Crippen molar-refractivity contribution in [1.29, 1.82) is 0 Å². The fourth-order valence-corrected chi connectivity index (χ4v) is 4.39. The Kier molecular flexibility index (Phi) is 6.85. The molecule has 11 heteroatoms. The molecule has 0 saturated carbocycles. The number of nitrogens with one attached hydrogen (secondary N) is 3. The number of halogens is 1. The van der Waals surface area contributed by atoms with Gasteiger partial charge in [-0.1, -0.05) is 23.4 Å². The first-order valence-electron chi connectivity index (χ1n) is 9.80. The summed E-state index contributed by atoms with van der Waals surface area (Å²) in [5, 5.41) is 3.83. The summed E-state index contributed by atoms with van der Waals surface area (Å²) in [5.74, 6) is 0.479. The number of anilines is 2. The van der Waals surface area contributed by atoms with E-state index in [2.05, 4.69) is 21.2 Å². The molecule has 2 aromatic rings. The number of hydrogen-bond donors (Lipinski definition) is 3. The Bertz CT molecular complexity index is 1050. The van der Waals surface area contributed by atoms with Gasteiger partial charge in [0.15, 0.2) is 5.17 Å². The summed E-state index contributed by atoms with van der Waals surface area (Å²) in [6, 6.07) is 12.1. The second kappa shape index (κ2) is 9.78. The van der Waals surface area contributed by atoms with E-state index in [1.165, 1.54) is 23.8 Å². The number of amidine groups is 1. The lowest BCUT2D eigenvalue weighted by atomic mass is 10.0. The van der Waals surface area contributed by atoms with E-state index >= 15 is 0 Å². The normalized spacial score (nSPS) is 19.9. The molecule has 3 N–H and O–H groups in total. The van der Waals surface area contributed by atoms with Crippen LogP contribution in [0.5, 0.6) is 11.5 Å². The van der Waals surface area contributed by atoms with E-state index in [0.29, 0.717) is 39.6 Å². The topological polar surface area (TPSA) is 104 Å². The Hall–Kier alpha value is -2.79. The predicted octanol–water partition coefficient (Wildman–Crippen LogP) is 2.48. The molecule has 2 heterocycles. The zero-order valence-corrected chi connectivity index (χ0v) is 19.0. The number of benzene rings is 2. The number of thioether (sulfide) groups is 1. The number of aliphatic imine (C=N–C) groups is 1. The van der Waals surface area contributed by atoms with Gasteiger partial charge in [0.25, 0.3) is 0 Å². The van der Waals surface area contributed by atoms with Gasteiger partial charge in [0, 0.05) is 17.6 Å². The fraction of sp³-hybridized carbons (Fsp3) is 0.286. The Balaban J connectivity index is 1.50. The van der Waals surface area contributed by atoms with Crippen LogP contribution in [0.25, 0.3) is 0 Å². The van der Waals surface area contributed by atoms with E-state index in [4.69, 9.17) is 21.1 Å². The van der Waals surface area contributed by atoms with Crippen molar-refractivity contribution in [3.05, 3.63) is 47.5 Å². The molecule has 1 saturated heterocycles. The molecule has 32 heavy (non-hydrogen) atoms. The summed E-state index contributed by atoms with van der Waals surface area (Å²) >= 11 is 7.19. The van der Waals surface area contributed by atoms with Gasteiger partial charge in [-0.05, 0) is 36.4 Å². The molecule has 168 valence electrons. The first-order chi connectivity index (χ1) is 15.5. The zero-order valence-electron chi connectivity index (χ0n) is 17.4. The highest BCUT2D eigenvalue weighted by molar-refractivity contribution is 8.14. The number of hydrazine groups is 1. The van der Waals surface area contributed by atoms with E-state index in [-0.39, 0.29) is 29.7 Å². The van der Waals surface area contributed by atoms with Crippen LogP contribution in [0.1, 0.15) is 0 Å². The molecule has 9 nitrogen and oxygen atoms in total. The molecular formula is C21H22ClN5O4S. The predicted molar refractivity (Wildman–Crippen MR) is 125 cm³/mol. The van der Waals surface area contributed by atoms with Crippen molar-refractivity contribution < 1.29 is 19.1 Å². The first-order valence-corrected chi connectivity index (χ1v) is 11.2. The van der Waals surface area contributed by atoms with Crippen molar-refractivity contribution in [3.63, 3.8) is 0 Å². The summed E-state index contributed by atoms with van der Waals surface area (Å²) < 4.78 is 10.5. The van der Waals surface area contributed by atoms with Gasteiger partial charge >= 0.3 is 0 Å². The standard InChI is InChI=1S/C21H22ClN5O4S/c1-30-14-7-8-16(17(9-14)31-2)24-18(28)11-32-21-25-19-15(10-23-26-19)20(29)27(21)13-5-3-12(22)4-6-13/h3-9,15,19,23,26H,10-11H2,1-2H3,(H,24,28). The van der Waals surface area contributed by atoms with E-state index < -0.39 is 0 Å². The second-order valence-corrected chi connectivity index (χ2v) is 8.42. The molecule has 0 spiro atoms. The molecule has 1 fully saturated rings. The average molecular weight is 476 g/mol. The van der Waals surface area contributed by atoms with Crippen LogP contribution in [0.2, 0.25) is 5.02 Å². The van der Waals surface area contributed by atoms with Gasteiger partial charge in [0.05, 0.1) is 37.3 Å². The van der Waals surface area contributed by atoms with Crippen LogP contribution >= 0.6 is 23.4 Å². The van der Waals surface area contributed by atoms with Gasteiger partial charge in [-0.15, -0.1) is 0 Å². The van der Waals surface area contributed by atoms with Crippen molar-refractivity contribution in [2.24, 2.45) is 10.9 Å². The quantitative estimate of drug-likeness (QED) is 0.589. The SMILES string of the molecule is COc1ccc(NC(=O)CSC2=NC3NNCC3C(=O)N2c2ccc(Cl)cc2)c(OC)c1. The fourth-order valence-electron chi connectivity index (χ4n) is 3.41. The highest BCUT2D eigenvalue weighted by Gasteiger charge is 2.42. The summed E-state index contributed by atoms with van der Waals surface area (Å²) in [5.41, 5.74) is 7.15. The van der Waals surface area contributed by atoms with Crippen LogP contribution in [0, 0.1) is 5.92 Å². The summed E-state index contributed by atoms with van der Waals surface area (Å²) in [4.78, 5) is 32.0. The van der Waals surface area contributed by atoms with Crippen LogP contribution in [0.15, 0.2) is 47.5 Å². The lowest BCUT2D eigenvalue weighted by Gasteiger charge is -2.32. The largest absolute Gasteiger partial charge is 0.497 e. The number of nitrogens with zero attached hydrogens (tertiary/aromatic N) is 2. The minimum atomic E-state index is -0.377. The molecule has 2 aliphatic rings. The summed E-state index contributed by atoms with van der Waals surface area (Å²) in [7, 11) is 3.08. The van der Waals surface area contributed by atoms with Crippen LogP contribution in [-0.2, 0) is 9.59 Å². The van der Waals surface area contributed by atoms with Crippen molar-refractivity contribution in [2.45, 2.75) is 6.17 Å². The Morgan fingerprint density at radius 2 is 2.03 bits per heavy atom. The highest BCUT2D eigenvalue weighted by Crippen LogP contribution is 2.31. The van der Waals surface area contributed by atoms with Crippen LogP contribution in [0.3, 0.4) is 0 Å². The number of carbonyl (C=O) groups is 2. The third-order valence-electron chi connectivity index (χ3n) is 5.03. The maximum Gasteiger partial charge on any atom is 0.241 e. The number of ether oxygens (including phenoxy) is 2. The average Bonchev–Trinajstić information content (AvgIpc) is 3.28. The van der Waals surface area contributed by atoms with Gasteiger partial charge in [0.1, 0.15) is 17.7 Å². The number of carbonyl (C=O) groups excluding carboxylic acids is 2. The van der Waals surface area contributed by atoms with Gasteiger partial charge in [0.2, 0.25) is 11.8 Å². The minimum absolute atomic E-state index is 0.0518. The van der Waals surface area contributed by atoms with E-state index in [1.807, 2.05) is 0 Å². The highest BCUT2D eigenvalue weighted by atomic mass is 35.5. The number of rotatable bonds is 6. The van der Waals surface area contributed by atoms with E-state index in [1.54, 1.807) is 49.6 Å². The second-order valence-electron chi connectivity index (χ2n) is 7.04. The maximum atomic E-state index is 13.2. The van der Waals surface area contributed by atoms with Crippen molar-refractivity contribution in [2.75, 3.05) is 36.7 Å². The number of hydrogen-bond acceptors (Lipinski definition) is 8. The minimum Gasteiger partial charge on any atom is -0.497 e. The molecule has 2 aliphatic heterocycles. The van der Waals surface area contributed by atoms with Crippen molar-refractivity contribution >= 4 is 51.7 Å². The van der Waals surface area contributed by atoms with E-state index in [0.717, 1.165) is 0 Å². The van der Waals surface area contributed by atoms with Crippen LogP contribution in [0.4, 0.5) is 11.4 Å². The summed E-state index contributed by atoms with van der Waals surface area (Å²) in [6.07, 6.45) is -0.377. The molecular weight excluding hydrogens is 454 g/mol. The van der Waals surface area contributed by atoms with Crippen LogP contribution in [-0.4, -0.2) is 49.7 Å².